The van der Waals surface area contributed by atoms with E-state index in [2.05, 4.69) is 10.6 Å². The van der Waals surface area contributed by atoms with Gasteiger partial charge in [-0.25, -0.2) is 0 Å². The molecule has 1 atom stereocenters. The first-order valence-electron chi connectivity index (χ1n) is 3.26. The summed E-state index contributed by atoms with van der Waals surface area (Å²) in [5.41, 5.74) is 0. The number of aliphatic hydroxyl groups is 1. The fraction of sp³-hybridized carbons (Fsp3) is 1.00. The van der Waals surface area contributed by atoms with Crippen molar-refractivity contribution in [3.63, 3.8) is 0 Å². The van der Waals surface area contributed by atoms with Gasteiger partial charge in [0.1, 0.15) is 0 Å². The lowest BCUT2D eigenvalue weighted by Crippen LogP contribution is -2.12. The van der Waals surface area contributed by atoms with E-state index in [-0.39, 0.29) is 0 Å². The molecule has 0 aliphatic carbocycles. The Bertz CT molecular complexity index is 79.1. The maximum atomic E-state index is 8.74. The van der Waals surface area contributed by atoms with Crippen molar-refractivity contribution in [2.24, 2.45) is 5.92 Å². The van der Waals surface area contributed by atoms with Gasteiger partial charge in [0.2, 0.25) is 0 Å². The second-order valence-corrected chi connectivity index (χ2v) is 3.29. The second kappa shape index (κ2) is 3.44. The molecule has 0 saturated carbocycles. The molecule has 0 bridgehead atoms. The van der Waals surface area contributed by atoms with Crippen molar-refractivity contribution < 1.29 is 5.11 Å². The Hall–Kier alpha value is 0.270. The molecule has 0 spiro atoms. The minimum atomic E-state index is 0.358. The van der Waals surface area contributed by atoms with Crippen LogP contribution in [-0.2, 0) is 0 Å². The molecule has 1 aliphatic heterocycles. The SMILES string of the molecule is CSN1CC[C@@H](CO)C1. The molecule has 0 unspecified atom stereocenters. The standard InChI is InChI=1S/C6H13NOS/c1-9-7-3-2-6(4-7)5-8/h6,8H,2-5H2,1H3/t6-/m1/s1. The van der Waals surface area contributed by atoms with E-state index >= 15 is 0 Å². The molecule has 1 N–H and O–H groups in total. The molecular formula is C6H13NOS. The quantitative estimate of drug-likeness (QED) is 0.578. The molecule has 1 fully saturated rings. The van der Waals surface area contributed by atoms with Crippen LogP contribution in [0.1, 0.15) is 6.42 Å². The summed E-state index contributed by atoms with van der Waals surface area (Å²) in [5, 5.41) is 8.74. The van der Waals surface area contributed by atoms with Crippen LogP contribution in [0.3, 0.4) is 0 Å². The van der Waals surface area contributed by atoms with Gasteiger partial charge in [-0.1, -0.05) is 11.9 Å². The van der Waals surface area contributed by atoms with Gasteiger partial charge in [-0.05, 0) is 18.6 Å². The minimum absolute atomic E-state index is 0.358. The lowest BCUT2D eigenvalue weighted by Gasteiger charge is -2.09. The summed E-state index contributed by atoms with van der Waals surface area (Å²) < 4.78 is 2.29. The lowest BCUT2D eigenvalue weighted by atomic mass is 10.1. The highest BCUT2D eigenvalue weighted by Gasteiger charge is 2.20. The fourth-order valence-corrected chi connectivity index (χ4v) is 1.76. The Morgan fingerprint density at radius 2 is 2.56 bits per heavy atom. The number of aliphatic hydroxyl groups excluding tert-OH is 1. The van der Waals surface area contributed by atoms with Gasteiger partial charge in [-0.3, -0.25) is 4.31 Å². The molecule has 2 nitrogen and oxygen atoms in total. The van der Waals surface area contributed by atoms with Gasteiger partial charge in [0.05, 0.1) is 0 Å². The predicted octanol–water partition coefficient (Wildman–Crippen LogP) is 0.579. The van der Waals surface area contributed by atoms with Crippen molar-refractivity contribution in [2.75, 3.05) is 26.0 Å². The Morgan fingerprint density at radius 3 is 2.89 bits per heavy atom. The van der Waals surface area contributed by atoms with Crippen LogP contribution >= 0.6 is 11.9 Å². The van der Waals surface area contributed by atoms with Gasteiger partial charge in [0.15, 0.2) is 0 Å². The van der Waals surface area contributed by atoms with Crippen LogP contribution < -0.4 is 0 Å². The van der Waals surface area contributed by atoms with Crippen LogP contribution in [0.15, 0.2) is 0 Å². The third kappa shape index (κ3) is 1.85. The Labute approximate surface area is 60.4 Å². The molecule has 0 amide bonds. The predicted molar refractivity (Wildman–Crippen MR) is 40.3 cm³/mol. The maximum Gasteiger partial charge on any atom is 0.0472 e. The molecule has 0 aromatic carbocycles. The Kier molecular flexibility index (Phi) is 2.82. The first-order chi connectivity index (χ1) is 4.36. The van der Waals surface area contributed by atoms with Gasteiger partial charge >= 0.3 is 0 Å². The molecular weight excluding hydrogens is 134 g/mol. The molecule has 1 heterocycles. The van der Waals surface area contributed by atoms with E-state index in [1.807, 2.05) is 0 Å². The average Bonchev–Trinajstić information content (AvgIpc) is 2.34. The highest BCUT2D eigenvalue weighted by molar-refractivity contribution is 7.96. The molecule has 1 rings (SSSR count). The second-order valence-electron chi connectivity index (χ2n) is 2.41. The summed E-state index contributed by atoms with van der Waals surface area (Å²) in [4.78, 5) is 0. The van der Waals surface area contributed by atoms with Crippen LogP contribution in [0.25, 0.3) is 0 Å². The fourth-order valence-electron chi connectivity index (χ4n) is 1.11. The van der Waals surface area contributed by atoms with E-state index in [0.29, 0.717) is 12.5 Å². The number of rotatable bonds is 2. The molecule has 3 heteroatoms. The van der Waals surface area contributed by atoms with E-state index in [9.17, 15) is 0 Å². The topological polar surface area (TPSA) is 23.5 Å². The summed E-state index contributed by atoms with van der Waals surface area (Å²) in [6.45, 7) is 2.57. The molecule has 9 heavy (non-hydrogen) atoms. The lowest BCUT2D eigenvalue weighted by molar-refractivity contribution is 0.234. The smallest absolute Gasteiger partial charge is 0.0472 e. The first kappa shape index (κ1) is 7.38. The van der Waals surface area contributed by atoms with E-state index in [0.717, 1.165) is 19.5 Å². The Morgan fingerprint density at radius 1 is 1.78 bits per heavy atom. The molecule has 54 valence electrons. The van der Waals surface area contributed by atoms with E-state index < -0.39 is 0 Å². The third-order valence-corrected chi connectivity index (χ3v) is 2.61. The third-order valence-electron chi connectivity index (χ3n) is 1.76. The average molecular weight is 147 g/mol. The van der Waals surface area contributed by atoms with Crippen LogP contribution in [0.4, 0.5) is 0 Å². The molecule has 0 aromatic heterocycles. The first-order valence-corrected chi connectivity index (χ1v) is 4.45. The van der Waals surface area contributed by atoms with Crippen molar-refractivity contribution in [3.05, 3.63) is 0 Å². The maximum absolute atomic E-state index is 8.74. The zero-order valence-corrected chi connectivity index (χ0v) is 6.52. The van der Waals surface area contributed by atoms with Crippen LogP contribution in [0, 0.1) is 5.92 Å². The van der Waals surface area contributed by atoms with Crippen molar-refractivity contribution >= 4 is 11.9 Å². The molecule has 1 aliphatic rings. The molecule has 1 saturated heterocycles. The summed E-state index contributed by atoms with van der Waals surface area (Å²) >= 11 is 1.77. The van der Waals surface area contributed by atoms with Crippen molar-refractivity contribution in [2.45, 2.75) is 6.42 Å². The van der Waals surface area contributed by atoms with Crippen molar-refractivity contribution in [1.29, 1.82) is 0 Å². The monoisotopic (exact) mass is 147 g/mol. The van der Waals surface area contributed by atoms with E-state index in [1.54, 1.807) is 11.9 Å². The number of nitrogens with zero attached hydrogens (tertiary/aromatic N) is 1. The largest absolute Gasteiger partial charge is 0.396 e. The van der Waals surface area contributed by atoms with Gasteiger partial charge in [-0.2, -0.15) is 0 Å². The van der Waals surface area contributed by atoms with E-state index in [4.69, 9.17) is 5.11 Å². The van der Waals surface area contributed by atoms with Crippen LogP contribution in [0.5, 0.6) is 0 Å². The van der Waals surface area contributed by atoms with Gasteiger partial charge < -0.3 is 5.11 Å². The van der Waals surface area contributed by atoms with E-state index in [1.165, 1.54) is 0 Å². The molecule has 0 aromatic rings. The summed E-state index contributed by atoms with van der Waals surface area (Å²) in [7, 11) is 0. The van der Waals surface area contributed by atoms with Gasteiger partial charge in [0.25, 0.3) is 0 Å². The zero-order valence-electron chi connectivity index (χ0n) is 5.71. The van der Waals surface area contributed by atoms with Crippen LogP contribution in [-0.4, -0.2) is 35.4 Å². The number of hydrogen-bond donors (Lipinski definition) is 1. The summed E-state index contributed by atoms with van der Waals surface area (Å²) in [5.74, 6) is 0.539. The van der Waals surface area contributed by atoms with Crippen LogP contribution in [0.2, 0.25) is 0 Å². The highest BCUT2D eigenvalue weighted by atomic mass is 32.2. The number of hydrogen-bond acceptors (Lipinski definition) is 3. The van der Waals surface area contributed by atoms with Crippen molar-refractivity contribution in [1.82, 2.24) is 4.31 Å². The van der Waals surface area contributed by atoms with Gasteiger partial charge in [0, 0.05) is 19.7 Å². The minimum Gasteiger partial charge on any atom is -0.396 e. The van der Waals surface area contributed by atoms with Crippen molar-refractivity contribution in [3.8, 4) is 0 Å². The highest BCUT2D eigenvalue weighted by Crippen LogP contribution is 2.20. The summed E-state index contributed by atoms with van der Waals surface area (Å²) in [6, 6.07) is 0. The zero-order chi connectivity index (χ0) is 6.69. The normalized spacial score (nSPS) is 29.3. The molecule has 0 radical (unpaired) electrons. The Balaban J connectivity index is 2.20. The van der Waals surface area contributed by atoms with Gasteiger partial charge in [-0.15, -0.1) is 0 Å². The summed E-state index contributed by atoms with van der Waals surface area (Å²) in [6.07, 6.45) is 3.25.